The van der Waals surface area contributed by atoms with Crippen LogP contribution in [0.25, 0.3) is 11.0 Å². The highest BCUT2D eigenvalue weighted by Gasteiger charge is 2.28. The molecular weight excluding hydrogens is 301 g/mol. The van der Waals surface area contributed by atoms with Gasteiger partial charge in [-0.05, 0) is 25.0 Å². The number of halogens is 1. The van der Waals surface area contributed by atoms with E-state index in [4.69, 9.17) is 9.47 Å². The van der Waals surface area contributed by atoms with Crippen molar-refractivity contribution < 1.29 is 13.9 Å². The minimum atomic E-state index is -0.350. The summed E-state index contributed by atoms with van der Waals surface area (Å²) in [4.78, 5) is 16.3. The zero-order valence-electron chi connectivity index (χ0n) is 13.6. The number of benzene rings is 1. The molecule has 2 aromatic rings. The maximum atomic E-state index is 14.8. The summed E-state index contributed by atoms with van der Waals surface area (Å²) in [5, 5.41) is 0. The van der Waals surface area contributed by atoms with Crippen molar-refractivity contribution in [2.45, 2.75) is 19.1 Å². The van der Waals surface area contributed by atoms with Crippen LogP contribution in [-0.2, 0) is 16.5 Å². The lowest BCUT2D eigenvalue weighted by Crippen LogP contribution is -2.39. The molecule has 1 aromatic carbocycles. The van der Waals surface area contributed by atoms with Gasteiger partial charge in [-0.1, -0.05) is 0 Å². The summed E-state index contributed by atoms with van der Waals surface area (Å²) in [6.07, 6.45) is 1.53. The van der Waals surface area contributed by atoms with Crippen LogP contribution in [0.5, 0.6) is 0 Å². The van der Waals surface area contributed by atoms with Gasteiger partial charge in [0, 0.05) is 40.3 Å². The van der Waals surface area contributed by atoms with Crippen LogP contribution in [0.1, 0.15) is 12.8 Å². The van der Waals surface area contributed by atoms with Gasteiger partial charge in [-0.2, -0.15) is 0 Å². The summed E-state index contributed by atoms with van der Waals surface area (Å²) >= 11 is 0. The Balaban J connectivity index is 1.84. The number of hydrogen-bond acceptors (Lipinski definition) is 4. The second-order valence-corrected chi connectivity index (χ2v) is 5.95. The van der Waals surface area contributed by atoms with Crippen molar-refractivity contribution in [3.8, 4) is 0 Å². The van der Waals surface area contributed by atoms with E-state index < -0.39 is 0 Å². The molecule has 0 atom stereocenters. The van der Waals surface area contributed by atoms with E-state index in [1.165, 1.54) is 4.57 Å². The average Bonchev–Trinajstić information content (AvgIpc) is 2.85. The lowest BCUT2D eigenvalue weighted by atomic mass is 9.95. The highest BCUT2D eigenvalue weighted by Crippen LogP contribution is 2.30. The first-order chi connectivity index (χ1) is 11.1. The molecule has 0 radical (unpaired) electrons. The number of hydrogen-bond donors (Lipinski definition) is 1. The lowest BCUT2D eigenvalue weighted by molar-refractivity contribution is -0.141. The van der Waals surface area contributed by atoms with Gasteiger partial charge in [0.15, 0.2) is 12.1 Å². The van der Waals surface area contributed by atoms with Crippen molar-refractivity contribution in [1.82, 2.24) is 9.55 Å². The van der Waals surface area contributed by atoms with Crippen LogP contribution in [-0.4, -0.2) is 43.2 Å². The molecule has 0 spiro atoms. The second-order valence-electron chi connectivity index (χ2n) is 5.95. The van der Waals surface area contributed by atoms with Crippen molar-refractivity contribution in [2.24, 2.45) is 13.0 Å². The number of fused-ring (bicyclic) bond motifs is 1. The Morgan fingerprint density at radius 1 is 1.26 bits per heavy atom. The molecule has 1 aliphatic heterocycles. The minimum absolute atomic E-state index is 0.213. The van der Waals surface area contributed by atoms with Crippen LogP contribution in [0.3, 0.4) is 0 Å². The summed E-state index contributed by atoms with van der Waals surface area (Å²) in [5.41, 5.74) is 1.07. The minimum Gasteiger partial charge on any atom is -0.369 e. The van der Waals surface area contributed by atoms with Gasteiger partial charge in [0.25, 0.3) is 0 Å². The number of aromatic nitrogens is 2. The first kappa shape index (κ1) is 16.0. The molecule has 0 amide bonds. The van der Waals surface area contributed by atoms with E-state index in [9.17, 15) is 9.18 Å². The molecule has 0 unspecified atom stereocenters. The summed E-state index contributed by atoms with van der Waals surface area (Å²) < 4.78 is 26.8. The van der Waals surface area contributed by atoms with Gasteiger partial charge in [0.1, 0.15) is 5.52 Å². The molecule has 0 bridgehead atoms. The van der Waals surface area contributed by atoms with Gasteiger partial charge in [-0.15, -0.1) is 0 Å². The molecule has 126 valence electrons. The Kier molecular flexibility index (Phi) is 4.41. The normalized spacial score (nSPS) is 16.7. The summed E-state index contributed by atoms with van der Waals surface area (Å²) in [6, 6.07) is 3.49. The van der Waals surface area contributed by atoms with Crippen LogP contribution >= 0.6 is 0 Å². The van der Waals surface area contributed by atoms with Gasteiger partial charge in [0.2, 0.25) is 0 Å². The third kappa shape index (κ3) is 2.74. The number of H-pyrrole nitrogens is 1. The van der Waals surface area contributed by atoms with Gasteiger partial charge in [0.05, 0.1) is 11.2 Å². The van der Waals surface area contributed by atoms with Gasteiger partial charge in [-0.25, -0.2) is 9.18 Å². The number of aromatic amines is 1. The maximum absolute atomic E-state index is 14.8. The molecule has 2 heterocycles. The maximum Gasteiger partial charge on any atom is 0.326 e. The van der Waals surface area contributed by atoms with E-state index in [0.29, 0.717) is 22.6 Å². The predicted octanol–water partition coefficient (Wildman–Crippen LogP) is 1.84. The summed E-state index contributed by atoms with van der Waals surface area (Å²) in [5.74, 6) is -0.0403. The van der Waals surface area contributed by atoms with Crippen LogP contribution < -0.4 is 10.6 Å². The molecule has 1 N–H and O–H groups in total. The number of ether oxygens (including phenoxy) is 2. The molecule has 1 aromatic heterocycles. The number of nitrogens with zero attached hydrogens (tertiary/aromatic N) is 2. The van der Waals surface area contributed by atoms with E-state index >= 15 is 0 Å². The monoisotopic (exact) mass is 323 g/mol. The first-order valence-electron chi connectivity index (χ1n) is 7.74. The Bertz CT molecular complexity index is 743. The standard InChI is InChI=1S/C16H22FN3O3/c1-19-14-11(18-16(19)21)4-5-12(13(14)17)20-8-6-10(7-9-20)15(22-2)23-3/h4-5,10,15H,6-9H2,1-3H3,(H,18,21). The molecular formula is C16H22FN3O3. The number of piperidine rings is 1. The van der Waals surface area contributed by atoms with Crippen molar-refractivity contribution in [1.29, 1.82) is 0 Å². The Morgan fingerprint density at radius 3 is 2.52 bits per heavy atom. The average molecular weight is 323 g/mol. The topological polar surface area (TPSA) is 59.5 Å². The largest absolute Gasteiger partial charge is 0.369 e. The Hall–Kier alpha value is -1.86. The Labute approximate surface area is 133 Å². The van der Waals surface area contributed by atoms with E-state index in [0.717, 1.165) is 25.9 Å². The first-order valence-corrected chi connectivity index (χ1v) is 7.74. The molecule has 1 saturated heterocycles. The van der Waals surface area contributed by atoms with E-state index in [2.05, 4.69) is 4.98 Å². The zero-order valence-corrected chi connectivity index (χ0v) is 13.6. The van der Waals surface area contributed by atoms with E-state index in [1.807, 2.05) is 4.90 Å². The van der Waals surface area contributed by atoms with Crippen molar-refractivity contribution in [3.05, 3.63) is 28.4 Å². The molecule has 7 heteroatoms. The van der Waals surface area contributed by atoms with E-state index in [-0.39, 0.29) is 17.8 Å². The molecule has 6 nitrogen and oxygen atoms in total. The van der Waals surface area contributed by atoms with Crippen LogP contribution in [0, 0.1) is 11.7 Å². The fourth-order valence-electron chi connectivity index (χ4n) is 3.42. The molecule has 3 rings (SSSR count). The zero-order chi connectivity index (χ0) is 16.6. The Morgan fingerprint density at radius 2 is 1.91 bits per heavy atom. The highest BCUT2D eigenvalue weighted by atomic mass is 19.1. The number of methoxy groups -OCH3 is 2. The summed E-state index contributed by atoms with van der Waals surface area (Å²) in [7, 11) is 4.85. The number of imidazole rings is 1. The van der Waals surface area contributed by atoms with Crippen LogP contribution in [0.4, 0.5) is 10.1 Å². The third-order valence-electron chi connectivity index (χ3n) is 4.71. The van der Waals surface area contributed by atoms with Crippen LogP contribution in [0.2, 0.25) is 0 Å². The van der Waals surface area contributed by atoms with Gasteiger partial charge in [-0.3, -0.25) is 4.57 Å². The summed E-state index contributed by atoms with van der Waals surface area (Å²) in [6.45, 7) is 1.46. The number of aryl methyl sites for hydroxylation is 1. The highest BCUT2D eigenvalue weighted by molar-refractivity contribution is 5.81. The predicted molar refractivity (Wildman–Crippen MR) is 86.2 cm³/mol. The lowest BCUT2D eigenvalue weighted by Gasteiger charge is -2.36. The molecule has 1 fully saturated rings. The molecule has 0 saturated carbocycles. The van der Waals surface area contributed by atoms with Gasteiger partial charge >= 0.3 is 5.69 Å². The third-order valence-corrected chi connectivity index (χ3v) is 4.71. The van der Waals surface area contributed by atoms with E-state index in [1.54, 1.807) is 33.4 Å². The number of nitrogens with one attached hydrogen (secondary N) is 1. The number of rotatable bonds is 4. The molecule has 23 heavy (non-hydrogen) atoms. The molecule has 0 aliphatic carbocycles. The fourth-order valence-corrected chi connectivity index (χ4v) is 3.42. The smallest absolute Gasteiger partial charge is 0.326 e. The van der Waals surface area contributed by atoms with Crippen molar-refractivity contribution >= 4 is 16.7 Å². The van der Waals surface area contributed by atoms with Crippen LogP contribution in [0.15, 0.2) is 16.9 Å². The fraction of sp³-hybridized carbons (Fsp3) is 0.562. The van der Waals surface area contributed by atoms with Gasteiger partial charge < -0.3 is 19.4 Å². The molecule has 1 aliphatic rings. The SMILES string of the molecule is COC(OC)C1CCN(c2ccc3[nH]c(=O)n(C)c3c2F)CC1. The van der Waals surface area contributed by atoms with Crippen molar-refractivity contribution in [3.63, 3.8) is 0 Å². The van der Waals surface area contributed by atoms with Crippen molar-refractivity contribution in [2.75, 3.05) is 32.2 Å². The quantitative estimate of drug-likeness (QED) is 0.872. The number of anilines is 1. The second kappa shape index (κ2) is 6.33.